The van der Waals surface area contributed by atoms with E-state index < -0.39 is 10.0 Å². The molecule has 1 aliphatic rings. The fourth-order valence-corrected chi connectivity index (χ4v) is 5.23. The lowest BCUT2D eigenvalue weighted by Gasteiger charge is -2.18. The van der Waals surface area contributed by atoms with Crippen LogP contribution in [0.15, 0.2) is 88.9 Å². The SMILES string of the molecule is CC(C)c1ccc(S(=O)(=O)NC(=S)N2CC(c3ccccc3)C(c3ccc(Cl)cc3)=N2)cc1. The van der Waals surface area contributed by atoms with Gasteiger partial charge in [-0.15, -0.1) is 0 Å². The van der Waals surface area contributed by atoms with Gasteiger partial charge in [0.25, 0.3) is 10.0 Å². The Labute approximate surface area is 205 Å². The van der Waals surface area contributed by atoms with Crippen LogP contribution in [0.5, 0.6) is 0 Å². The number of hydrogen-bond acceptors (Lipinski definition) is 4. The van der Waals surface area contributed by atoms with E-state index in [4.69, 9.17) is 28.9 Å². The Kier molecular flexibility index (Phi) is 6.83. The van der Waals surface area contributed by atoms with Crippen molar-refractivity contribution in [2.24, 2.45) is 5.10 Å². The van der Waals surface area contributed by atoms with E-state index in [9.17, 15) is 8.42 Å². The van der Waals surface area contributed by atoms with Crippen molar-refractivity contribution in [3.8, 4) is 0 Å². The van der Waals surface area contributed by atoms with E-state index in [1.54, 1.807) is 12.1 Å². The molecule has 0 spiro atoms. The van der Waals surface area contributed by atoms with Gasteiger partial charge in [-0.05, 0) is 59.1 Å². The molecule has 1 heterocycles. The largest absolute Gasteiger partial charge is 0.263 e. The molecule has 0 amide bonds. The number of benzene rings is 3. The Morgan fingerprint density at radius 3 is 2.27 bits per heavy atom. The molecule has 0 aliphatic carbocycles. The van der Waals surface area contributed by atoms with E-state index in [1.807, 2.05) is 66.7 Å². The first-order valence-electron chi connectivity index (χ1n) is 10.6. The van der Waals surface area contributed by atoms with Crippen molar-refractivity contribution in [1.29, 1.82) is 0 Å². The molecule has 5 nitrogen and oxygen atoms in total. The lowest BCUT2D eigenvalue weighted by atomic mass is 9.91. The van der Waals surface area contributed by atoms with E-state index in [-0.39, 0.29) is 15.9 Å². The predicted octanol–water partition coefficient (Wildman–Crippen LogP) is 5.53. The summed E-state index contributed by atoms with van der Waals surface area (Å²) in [6.07, 6.45) is 0. The molecule has 1 unspecified atom stereocenters. The zero-order valence-electron chi connectivity index (χ0n) is 18.3. The molecule has 1 atom stereocenters. The fraction of sp³-hybridized carbons (Fsp3) is 0.200. The molecule has 3 aromatic carbocycles. The fourth-order valence-electron chi connectivity index (χ4n) is 3.71. The summed E-state index contributed by atoms with van der Waals surface area (Å²) in [4.78, 5) is 0.162. The Morgan fingerprint density at radius 1 is 1.03 bits per heavy atom. The summed E-state index contributed by atoms with van der Waals surface area (Å²) in [6, 6.07) is 24.2. The second kappa shape index (κ2) is 9.63. The summed E-state index contributed by atoms with van der Waals surface area (Å²) >= 11 is 11.5. The summed E-state index contributed by atoms with van der Waals surface area (Å²) in [6.45, 7) is 4.54. The zero-order chi connectivity index (χ0) is 23.6. The van der Waals surface area contributed by atoms with Gasteiger partial charge in [0.05, 0.1) is 17.2 Å². The van der Waals surface area contributed by atoms with Crippen molar-refractivity contribution in [2.75, 3.05) is 6.54 Å². The number of sulfonamides is 1. The number of hydrogen-bond donors (Lipinski definition) is 1. The Morgan fingerprint density at radius 2 is 1.67 bits per heavy atom. The monoisotopic (exact) mass is 497 g/mol. The summed E-state index contributed by atoms with van der Waals surface area (Å²) in [5.74, 6) is 0.246. The van der Waals surface area contributed by atoms with Gasteiger partial charge in [0.1, 0.15) is 0 Å². The first-order chi connectivity index (χ1) is 15.7. The summed E-state index contributed by atoms with van der Waals surface area (Å²) in [5.41, 5.74) is 3.86. The average Bonchev–Trinajstić information content (AvgIpc) is 3.26. The Balaban J connectivity index is 1.59. The standard InChI is InChI=1S/C25H24ClN3O2S2/c1-17(2)18-10-14-22(15-11-18)33(30,31)28-25(32)29-16-23(19-6-4-3-5-7-19)24(27-29)20-8-12-21(26)13-9-20/h3-15,17,23H,16H2,1-2H3,(H,28,32). The van der Waals surface area contributed by atoms with E-state index in [2.05, 4.69) is 18.6 Å². The number of hydrazone groups is 1. The molecule has 0 aromatic heterocycles. The van der Waals surface area contributed by atoms with Crippen molar-refractivity contribution >= 4 is 44.7 Å². The Hall–Kier alpha value is -2.74. The lowest BCUT2D eigenvalue weighted by Crippen LogP contribution is -2.39. The van der Waals surface area contributed by atoms with Crippen LogP contribution in [0, 0.1) is 0 Å². The lowest BCUT2D eigenvalue weighted by molar-refractivity contribution is 0.472. The molecule has 1 aliphatic heterocycles. The van der Waals surface area contributed by atoms with Crippen LogP contribution in [0.4, 0.5) is 0 Å². The van der Waals surface area contributed by atoms with E-state index >= 15 is 0 Å². The molecule has 0 radical (unpaired) electrons. The minimum absolute atomic E-state index is 0.0350. The first kappa shape index (κ1) is 23.4. The third kappa shape index (κ3) is 5.27. The average molecular weight is 498 g/mol. The molecular weight excluding hydrogens is 474 g/mol. The molecular formula is C25H24ClN3O2S2. The van der Waals surface area contributed by atoms with Crippen LogP contribution in [0.1, 0.15) is 42.4 Å². The van der Waals surface area contributed by atoms with Crippen LogP contribution >= 0.6 is 23.8 Å². The third-order valence-corrected chi connectivity index (χ3v) is 7.62. The number of halogens is 1. The number of thiocarbonyl (C=S) groups is 1. The predicted molar refractivity (Wildman–Crippen MR) is 137 cm³/mol. The van der Waals surface area contributed by atoms with Crippen LogP contribution in [0.2, 0.25) is 5.02 Å². The van der Waals surface area contributed by atoms with Gasteiger partial charge in [-0.1, -0.05) is 80.0 Å². The highest BCUT2D eigenvalue weighted by Gasteiger charge is 2.32. The molecule has 8 heteroatoms. The summed E-state index contributed by atoms with van der Waals surface area (Å²) in [5, 5.41) is 6.91. The van der Waals surface area contributed by atoms with Crippen LogP contribution in [-0.2, 0) is 10.0 Å². The van der Waals surface area contributed by atoms with Crippen molar-refractivity contribution in [1.82, 2.24) is 9.73 Å². The number of nitrogens with zero attached hydrogens (tertiary/aromatic N) is 2. The van der Waals surface area contributed by atoms with Crippen molar-refractivity contribution in [2.45, 2.75) is 30.6 Å². The minimum atomic E-state index is -3.83. The van der Waals surface area contributed by atoms with E-state index in [0.29, 0.717) is 17.5 Å². The van der Waals surface area contributed by atoms with Gasteiger partial charge in [-0.2, -0.15) is 5.10 Å². The maximum Gasteiger partial charge on any atom is 0.263 e. The van der Waals surface area contributed by atoms with Gasteiger partial charge in [-0.25, -0.2) is 13.4 Å². The Bertz CT molecular complexity index is 1270. The van der Waals surface area contributed by atoms with Gasteiger partial charge in [0, 0.05) is 10.9 Å². The highest BCUT2D eigenvalue weighted by Crippen LogP contribution is 2.29. The highest BCUT2D eigenvalue weighted by molar-refractivity contribution is 7.91. The van der Waals surface area contributed by atoms with Gasteiger partial charge in [0.2, 0.25) is 5.11 Å². The highest BCUT2D eigenvalue weighted by atomic mass is 35.5. The topological polar surface area (TPSA) is 61.8 Å². The van der Waals surface area contributed by atoms with Crippen molar-refractivity contribution in [3.63, 3.8) is 0 Å². The normalized spacial score (nSPS) is 16.1. The second-order valence-corrected chi connectivity index (χ2v) is 10.7. The molecule has 1 N–H and O–H groups in total. The van der Waals surface area contributed by atoms with Gasteiger partial charge >= 0.3 is 0 Å². The maximum absolute atomic E-state index is 12.9. The molecule has 4 rings (SSSR count). The third-order valence-electron chi connectivity index (χ3n) is 5.57. The molecule has 0 fully saturated rings. The van der Waals surface area contributed by atoms with E-state index in [1.165, 1.54) is 5.01 Å². The summed E-state index contributed by atoms with van der Waals surface area (Å²) in [7, 11) is -3.83. The van der Waals surface area contributed by atoms with Crippen LogP contribution in [0.3, 0.4) is 0 Å². The van der Waals surface area contributed by atoms with Crippen LogP contribution < -0.4 is 4.72 Å². The van der Waals surface area contributed by atoms with Crippen molar-refractivity contribution < 1.29 is 8.42 Å². The maximum atomic E-state index is 12.9. The van der Waals surface area contributed by atoms with E-state index in [0.717, 1.165) is 22.4 Å². The molecule has 0 saturated carbocycles. The second-order valence-electron chi connectivity index (χ2n) is 8.17. The van der Waals surface area contributed by atoms with Crippen LogP contribution in [-0.4, -0.2) is 30.8 Å². The van der Waals surface area contributed by atoms with Gasteiger partial charge in [-0.3, -0.25) is 4.72 Å². The quantitative estimate of drug-likeness (QED) is 0.471. The van der Waals surface area contributed by atoms with Gasteiger partial charge < -0.3 is 0 Å². The molecule has 33 heavy (non-hydrogen) atoms. The van der Waals surface area contributed by atoms with Crippen molar-refractivity contribution in [3.05, 3.63) is 101 Å². The molecule has 3 aromatic rings. The van der Waals surface area contributed by atoms with Crippen LogP contribution in [0.25, 0.3) is 0 Å². The van der Waals surface area contributed by atoms with Gasteiger partial charge in [0.15, 0.2) is 0 Å². The first-order valence-corrected chi connectivity index (χ1v) is 12.8. The zero-order valence-corrected chi connectivity index (χ0v) is 20.7. The number of nitrogens with one attached hydrogen (secondary N) is 1. The minimum Gasteiger partial charge on any atom is -0.254 e. The smallest absolute Gasteiger partial charge is 0.254 e. The molecule has 0 bridgehead atoms. The number of rotatable bonds is 5. The molecule has 170 valence electrons. The summed E-state index contributed by atoms with van der Waals surface area (Å²) < 4.78 is 28.4. The molecule has 0 saturated heterocycles.